The van der Waals surface area contributed by atoms with E-state index in [1.54, 1.807) is 12.1 Å². The minimum atomic E-state index is -0.445. The van der Waals surface area contributed by atoms with Crippen LogP contribution in [0, 0.1) is 10.1 Å². The molecule has 0 amide bonds. The zero-order chi connectivity index (χ0) is 15.5. The molecule has 0 spiro atoms. The van der Waals surface area contributed by atoms with Crippen LogP contribution in [-0.4, -0.2) is 21.3 Å². The monoisotopic (exact) mass is 296 g/mol. The van der Waals surface area contributed by atoms with Gasteiger partial charge in [-0.1, -0.05) is 23.4 Å². The molecule has 0 fully saturated rings. The first-order chi connectivity index (χ1) is 10.7. The molecule has 3 N–H and O–H groups in total. The highest BCUT2D eigenvalue weighted by atomic mass is 16.6. The molecule has 1 aromatic heterocycles. The number of oxime groups is 1. The van der Waals surface area contributed by atoms with Gasteiger partial charge in [0.2, 0.25) is 0 Å². The molecule has 22 heavy (non-hydrogen) atoms. The predicted molar refractivity (Wildman–Crippen MR) is 84.1 cm³/mol. The maximum absolute atomic E-state index is 10.7. The van der Waals surface area contributed by atoms with Crippen molar-refractivity contribution < 1.29 is 10.1 Å². The maximum Gasteiger partial charge on any atom is 0.269 e. The molecule has 110 valence electrons. The van der Waals surface area contributed by atoms with Gasteiger partial charge in [0.05, 0.1) is 22.5 Å². The van der Waals surface area contributed by atoms with Gasteiger partial charge in [-0.15, -0.1) is 0 Å². The van der Waals surface area contributed by atoms with Gasteiger partial charge in [-0.05, 0) is 18.2 Å². The second kappa shape index (κ2) is 5.57. The number of benzene rings is 2. The molecule has 0 bridgehead atoms. The normalized spacial score (nSPS) is 11.1. The van der Waals surface area contributed by atoms with Gasteiger partial charge in [0.25, 0.3) is 5.69 Å². The van der Waals surface area contributed by atoms with E-state index >= 15 is 0 Å². The van der Waals surface area contributed by atoms with Crippen LogP contribution in [0.3, 0.4) is 0 Å². The van der Waals surface area contributed by atoms with E-state index < -0.39 is 4.92 Å². The van der Waals surface area contributed by atoms with Crippen LogP contribution in [0.2, 0.25) is 0 Å². The Bertz CT molecular complexity index is 853. The highest BCUT2D eigenvalue weighted by Gasteiger charge is 2.11. The Labute approximate surface area is 125 Å². The third kappa shape index (κ3) is 2.47. The zero-order valence-corrected chi connectivity index (χ0v) is 11.4. The highest BCUT2D eigenvalue weighted by Crippen LogP contribution is 2.30. The summed E-state index contributed by atoms with van der Waals surface area (Å²) in [5.41, 5.74) is 2.97. The Kier molecular flexibility index (Phi) is 3.45. The fourth-order valence-electron chi connectivity index (χ4n) is 2.26. The van der Waals surface area contributed by atoms with Gasteiger partial charge in [-0.25, -0.2) is 0 Å². The SMILES string of the molecule is O=[N+]([O-])c1ccc(Nc2c(/C=N\O)[nH]c3ccccc23)cc1. The molecular weight excluding hydrogens is 284 g/mol. The largest absolute Gasteiger partial charge is 0.411 e. The van der Waals surface area contributed by atoms with Gasteiger partial charge in [0, 0.05) is 28.7 Å². The lowest BCUT2D eigenvalue weighted by molar-refractivity contribution is -0.384. The number of aromatic nitrogens is 1. The number of H-pyrrole nitrogens is 1. The molecule has 0 aliphatic rings. The summed E-state index contributed by atoms with van der Waals surface area (Å²) < 4.78 is 0. The maximum atomic E-state index is 10.7. The molecule has 2 aromatic carbocycles. The molecular formula is C15H12N4O3. The van der Waals surface area contributed by atoms with Crippen molar-refractivity contribution in [2.45, 2.75) is 0 Å². The smallest absolute Gasteiger partial charge is 0.269 e. The molecule has 0 unspecified atom stereocenters. The van der Waals surface area contributed by atoms with Crippen LogP contribution in [0.15, 0.2) is 53.7 Å². The quantitative estimate of drug-likeness (QED) is 0.296. The molecule has 0 saturated carbocycles. The van der Waals surface area contributed by atoms with Gasteiger partial charge in [0.15, 0.2) is 0 Å². The van der Waals surface area contributed by atoms with Gasteiger partial charge in [-0.3, -0.25) is 10.1 Å². The van der Waals surface area contributed by atoms with E-state index in [1.165, 1.54) is 18.3 Å². The number of anilines is 2. The van der Waals surface area contributed by atoms with Crippen LogP contribution >= 0.6 is 0 Å². The van der Waals surface area contributed by atoms with Crippen LogP contribution in [0.1, 0.15) is 5.69 Å². The van der Waals surface area contributed by atoms with Gasteiger partial charge in [0.1, 0.15) is 0 Å². The van der Waals surface area contributed by atoms with Gasteiger partial charge in [-0.2, -0.15) is 0 Å². The lowest BCUT2D eigenvalue weighted by Gasteiger charge is -2.06. The molecule has 3 rings (SSSR count). The summed E-state index contributed by atoms with van der Waals surface area (Å²) in [6, 6.07) is 13.7. The van der Waals surface area contributed by atoms with E-state index in [4.69, 9.17) is 5.21 Å². The molecule has 0 aliphatic carbocycles. The Hall–Kier alpha value is -3.35. The second-order valence-electron chi connectivity index (χ2n) is 4.63. The average Bonchev–Trinajstić information content (AvgIpc) is 2.86. The fourth-order valence-corrected chi connectivity index (χ4v) is 2.26. The molecule has 7 heteroatoms. The van der Waals surface area contributed by atoms with Crippen molar-refractivity contribution in [2.75, 3.05) is 5.32 Å². The average molecular weight is 296 g/mol. The lowest BCUT2D eigenvalue weighted by Crippen LogP contribution is -1.94. The van der Waals surface area contributed by atoms with Gasteiger partial charge >= 0.3 is 0 Å². The number of rotatable bonds is 4. The van der Waals surface area contributed by atoms with Crippen LogP contribution in [-0.2, 0) is 0 Å². The first-order valence-electron chi connectivity index (χ1n) is 6.48. The molecule has 3 aromatic rings. The standard InChI is InChI=1S/C15H12N4O3/c20-16-9-14-15(12-3-1-2-4-13(12)18-14)17-10-5-7-11(8-6-10)19(21)22/h1-9,17-18,20H/b16-9-. The first kappa shape index (κ1) is 13.6. The molecule has 1 heterocycles. The minimum Gasteiger partial charge on any atom is -0.411 e. The summed E-state index contributed by atoms with van der Waals surface area (Å²) in [5, 5.41) is 26.6. The second-order valence-corrected chi connectivity index (χ2v) is 4.63. The number of nitro benzene ring substituents is 1. The number of nitrogens with zero attached hydrogens (tertiary/aromatic N) is 2. The number of hydrogen-bond donors (Lipinski definition) is 3. The molecule has 0 atom stereocenters. The Morgan fingerprint density at radius 2 is 1.91 bits per heavy atom. The number of nitrogens with one attached hydrogen (secondary N) is 2. The van der Waals surface area contributed by atoms with Crippen LogP contribution in [0.25, 0.3) is 10.9 Å². The number of aromatic amines is 1. The Morgan fingerprint density at radius 3 is 2.59 bits per heavy atom. The lowest BCUT2D eigenvalue weighted by atomic mass is 10.2. The summed E-state index contributed by atoms with van der Waals surface area (Å²) in [7, 11) is 0. The van der Waals surface area contributed by atoms with Gasteiger partial charge < -0.3 is 15.5 Å². The van der Waals surface area contributed by atoms with Crippen molar-refractivity contribution in [3.8, 4) is 0 Å². The predicted octanol–water partition coefficient (Wildman–Crippen LogP) is 3.63. The number of fused-ring (bicyclic) bond motifs is 1. The Balaban J connectivity index is 2.02. The van der Waals surface area contributed by atoms with Crippen molar-refractivity contribution in [3.05, 3.63) is 64.3 Å². The van der Waals surface area contributed by atoms with Crippen molar-refractivity contribution in [3.63, 3.8) is 0 Å². The van der Waals surface area contributed by atoms with E-state index in [9.17, 15) is 10.1 Å². The topological polar surface area (TPSA) is 104 Å². The highest BCUT2D eigenvalue weighted by molar-refractivity contribution is 6.04. The Morgan fingerprint density at radius 1 is 1.18 bits per heavy atom. The first-order valence-corrected chi connectivity index (χ1v) is 6.48. The number of non-ortho nitro benzene ring substituents is 1. The number of nitro groups is 1. The zero-order valence-electron chi connectivity index (χ0n) is 11.4. The number of para-hydroxylation sites is 1. The van der Waals surface area contributed by atoms with Crippen LogP contribution < -0.4 is 5.32 Å². The minimum absolute atomic E-state index is 0.0293. The van der Waals surface area contributed by atoms with Crippen LogP contribution in [0.5, 0.6) is 0 Å². The van der Waals surface area contributed by atoms with E-state index in [2.05, 4.69) is 15.5 Å². The molecule has 0 aliphatic heterocycles. The summed E-state index contributed by atoms with van der Waals surface area (Å²) >= 11 is 0. The van der Waals surface area contributed by atoms with Crippen molar-refractivity contribution in [2.24, 2.45) is 5.16 Å². The molecule has 0 saturated heterocycles. The van der Waals surface area contributed by atoms with E-state index in [0.29, 0.717) is 11.4 Å². The van der Waals surface area contributed by atoms with Crippen molar-refractivity contribution >= 4 is 34.2 Å². The van der Waals surface area contributed by atoms with E-state index in [0.717, 1.165) is 16.6 Å². The summed E-state index contributed by atoms with van der Waals surface area (Å²) in [4.78, 5) is 13.4. The summed E-state index contributed by atoms with van der Waals surface area (Å²) in [6.45, 7) is 0. The van der Waals surface area contributed by atoms with Crippen molar-refractivity contribution in [1.29, 1.82) is 0 Å². The van der Waals surface area contributed by atoms with E-state index in [1.807, 2.05) is 24.3 Å². The van der Waals surface area contributed by atoms with E-state index in [-0.39, 0.29) is 5.69 Å². The fraction of sp³-hybridized carbons (Fsp3) is 0. The summed E-state index contributed by atoms with van der Waals surface area (Å²) in [6.07, 6.45) is 1.30. The molecule has 0 radical (unpaired) electrons. The number of hydrogen-bond acceptors (Lipinski definition) is 5. The molecule has 7 nitrogen and oxygen atoms in total. The third-order valence-corrected chi connectivity index (χ3v) is 3.27. The third-order valence-electron chi connectivity index (χ3n) is 3.27. The van der Waals surface area contributed by atoms with Crippen molar-refractivity contribution in [1.82, 2.24) is 4.98 Å². The summed E-state index contributed by atoms with van der Waals surface area (Å²) in [5.74, 6) is 0. The van der Waals surface area contributed by atoms with Crippen LogP contribution in [0.4, 0.5) is 17.1 Å².